The minimum atomic E-state index is -1.32. The normalized spacial score (nSPS) is 15.8. The van der Waals surface area contributed by atoms with Crippen molar-refractivity contribution in [1.29, 1.82) is 0 Å². The fourth-order valence-electron chi connectivity index (χ4n) is 5.17. The monoisotopic (exact) mass is 518 g/mol. The van der Waals surface area contributed by atoms with E-state index in [0.29, 0.717) is 39.4 Å². The number of nitrogens with zero attached hydrogens (tertiary/aromatic N) is 1. The van der Waals surface area contributed by atoms with Gasteiger partial charge in [0.25, 0.3) is 0 Å². The number of hydrogen-bond acceptors (Lipinski definition) is 6. The van der Waals surface area contributed by atoms with Crippen LogP contribution in [0.2, 0.25) is 5.15 Å². The second kappa shape index (κ2) is 8.98. The van der Waals surface area contributed by atoms with Crippen molar-refractivity contribution in [2.75, 3.05) is 5.32 Å². The van der Waals surface area contributed by atoms with Crippen LogP contribution in [0.1, 0.15) is 59.7 Å². The molecular weight excluding hydrogens is 494 g/mol. The van der Waals surface area contributed by atoms with Crippen LogP contribution in [0.3, 0.4) is 0 Å². The maximum Gasteiger partial charge on any atom is 0.494 e. The van der Waals surface area contributed by atoms with E-state index in [-0.39, 0.29) is 34.3 Å². The summed E-state index contributed by atoms with van der Waals surface area (Å²) < 4.78 is 27.1. The Morgan fingerprint density at radius 1 is 1.22 bits per heavy atom. The fraction of sp³-hybridized carbons (Fsp3) is 0.286. The molecule has 2 aliphatic rings. The largest absolute Gasteiger partial charge is 0.494 e. The molecule has 6 nitrogen and oxygen atoms in total. The lowest BCUT2D eigenvalue weighted by Gasteiger charge is -2.21. The number of halogens is 2. The van der Waals surface area contributed by atoms with Gasteiger partial charge in [0.05, 0.1) is 29.4 Å². The van der Waals surface area contributed by atoms with Crippen molar-refractivity contribution in [1.82, 2.24) is 4.98 Å². The molecule has 37 heavy (non-hydrogen) atoms. The first-order valence-electron chi connectivity index (χ1n) is 12.3. The lowest BCUT2D eigenvalue weighted by molar-refractivity contribution is 0.275. The standard InChI is InChI=1S/C28H25BClFN2O4/c1-13-10-19(28-20(11-13)26(34)14(2)27(37-28)16-4-5-16)15(3)32-21-8-9-22(30)33-25(21)18-7-6-17-12-36-29(35)23(17)24(18)31/h6-11,15-16,32,35H,4-5,12H2,1-3H3/t15-/m1/s1. The third-order valence-corrected chi connectivity index (χ3v) is 7.46. The Bertz CT molecular complexity index is 1640. The Morgan fingerprint density at radius 3 is 2.76 bits per heavy atom. The van der Waals surface area contributed by atoms with Crippen molar-refractivity contribution in [3.05, 3.63) is 85.6 Å². The molecule has 0 amide bonds. The highest BCUT2D eigenvalue weighted by Gasteiger charge is 2.33. The highest BCUT2D eigenvalue weighted by Crippen LogP contribution is 2.43. The van der Waals surface area contributed by atoms with Crippen molar-refractivity contribution in [2.45, 2.75) is 52.2 Å². The Kier molecular flexibility index (Phi) is 5.86. The summed E-state index contributed by atoms with van der Waals surface area (Å²) in [6.07, 6.45) is 2.05. The van der Waals surface area contributed by atoms with E-state index in [1.165, 1.54) is 0 Å². The van der Waals surface area contributed by atoms with Gasteiger partial charge >= 0.3 is 7.12 Å². The van der Waals surface area contributed by atoms with Crippen molar-refractivity contribution in [2.24, 2.45) is 0 Å². The molecule has 2 N–H and O–H groups in total. The summed E-state index contributed by atoms with van der Waals surface area (Å²) in [5, 5.41) is 14.3. The molecule has 0 unspecified atom stereocenters. The van der Waals surface area contributed by atoms with Crippen LogP contribution in [-0.4, -0.2) is 17.1 Å². The van der Waals surface area contributed by atoms with Crippen LogP contribution < -0.4 is 16.2 Å². The highest BCUT2D eigenvalue weighted by molar-refractivity contribution is 6.61. The summed E-state index contributed by atoms with van der Waals surface area (Å²) in [5.41, 5.74) is 4.79. The van der Waals surface area contributed by atoms with E-state index < -0.39 is 12.9 Å². The van der Waals surface area contributed by atoms with E-state index in [0.717, 1.165) is 29.7 Å². The number of rotatable bonds is 5. The first-order valence-corrected chi connectivity index (χ1v) is 12.7. The van der Waals surface area contributed by atoms with Crippen molar-refractivity contribution >= 4 is 40.8 Å². The van der Waals surface area contributed by atoms with Gasteiger partial charge in [0.1, 0.15) is 22.3 Å². The fourth-order valence-corrected chi connectivity index (χ4v) is 5.32. The summed E-state index contributed by atoms with van der Waals surface area (Å²) in [7, 11) is -1.32. The molecule has 2 aromatic heterocycles. The molecule has 9 heteroatoms. The molecule has 1 fully saturated rings. The number of aromatic nitrogens is 1. The summed E-state index contributed by atoms with van der Waals surface area (Å²) in [4.78, 5) is 17.6. The van der Waals surface area contributed by atoms with Gasteiger partial charge in [-0.05, 0) is 69.0 Å². The number of benzene rings is 2. The second-order valence-electron chi connectivity index (χ2n) is 9.98. The van der Waals surface area contributed by atoms with Crippen molar-refractivity contribution in [3.63, 3.8) is 0 Å². The quantitative estimate of drug-likeness (QED) is 0.267. The van der Waals surface area contributed by atoms with E-state index in [9.17, 15) is 9.82 Å². The van der Waals surface area contributed by atoms with Crippen LogP contribution in [-0.2, 0) is 11.3 Å². The molecule has 0 bridgehead atoms. The van der Waals surface area contributed by atoms with Crippen LogP contribution >= 0.6 is 11.6 Å². The van der Waals surface area contributed by atoms with E-state index in [1.54, 1.807) is 24.3 Å². The van der Waals surface area contributed by atoms with Gasteiger partial charge in [0.2, 0.25) is 0 Å². The van der Waals surface area contributed by atoms with Crippen LogP contribution in [0.15, 0.2) is 45.6 Å². The predicted molar refractivity (Wildman–Crippen MR) is 143 cm³/mol. The third-order valence-electron chi connectivity index (χ3n) is 7.25. The molecule has 1 aliphatic heterocycles. The molecule has 2 aromatic carbocycles. The van der Waals surface area contributed by atoms with E-state index >= 15 is 4.39 Å². The zero-order valence-corrected chi connectivity index (χ0v) is 21.4. The molecule has 0 spiro atoms. The molecule has 3 heterocycles. The number of aryl methyl sites for hydroxylation is 1. The maximum absolute atomic E-state index is 15.6. The number of anilines is 1. The first-order chi connectivity index (χ1) is 17.7. The number of fused-ring (bicyclic) bond motifs is 2. The Labute approximate surface area is 218 Å². The summed E-state index contributed by atoms with van der Waals surface area (Å²) >= 11 is 6.22. The molecule has 1 aliphatic carbocycles. The van der Waals surface area contributed by atoms with Gasteiger partial charge in [-0.15, -0.1) is 0 Å². The van der Waals surface area contributed by atoms with Gasteiger partial charge in [0, 0.05) is 28.1 Å². The van der Waals surface area contributed by atoms with E-state index in [1.807, 2.05) is 32.9 Å². The highest BCUT2D eigenvalue weighted by atomic mass is 35.5. The second-order valence-corrected chi connectivity index (χ2v) is 10.4. The minimum absolute atomic E-state index is 0.00450. The van der Waals surface area contributed by atoms with E-state index in [2.05, 4.69) is 10.3 Å². The van der Waals surface area contributed by atoms with Gasteiger partial charge in [-0.1, -0.05) is 23.7 Å². The Balaban J connectivity index is 1.45. The maximum atomic E-state index is 15.6. The van der Waals surface area contributed by atoms with Crippen molar-refractivity contribution in [3.8, 4) is 11.3 Å². The molecule has 6 rings (SSSR count). The lowest BCUT2D eigenvalue weighted by atomic mass is 9.77. The van der Waals surface area contributed by atoms with Gasteiger partial charge in [-0.2, -0.15) is 0 Å². The first kappa shape index (κ1) is 24.2. The molecule has 0 saturated heterocycles. The Hall–Kier alpha value is -3.20. The zero-order valence-electron chi connectivity index (χ0n) is 20.7. The minimum Gasteiger partial charge on any atom is -0.460 e. The summed E-state index contributed by atoms with van der Waals surface area (Å²) in [6, 6.07) is 10.3. The lowest BCUT2D eigenvalue weighted by Crippen LogP contribution is -2.31. The molecule has 1 atom stereocenters. The molecule has 4 aromatic rings. The van der Waals surface area contributed by atoms with Crippen LogP contribution in [0, 0.1) is 19.7 Å². The molecule has 188 valence electrons. The third kappa shape index (κ3) is 4.13. The smallest absolute Gasteiger partial charge is 0.460 e. The van der Waals surface area contributed by atoms with Crippen LogP contribution in [0.4, 0.5) is 10.1 Å². The van der Waals surface area contributed by atoms with Gasteiger partial charge in [-0.3, -0.25) is 4.79 Å². The van der Waals surface area contributed by atoms with Crippen molar-refractivity contribution < 1.29 is 18.5 Å². The molecule has 0 radical (unpaired) electrons. The molecular formula is C28H25BClFN2O4. The SMILES string of the molecule is Cc1cc([C@@H](C)Nc2ccc(Cl)nc2-c2ccc3c(c2F)B(O)OC3)c2oc(C3CC3)c(C)c(=O)c2c1. The average molecular weight is 519 g/mol. The van der Waals surface area contributed by atoms with E-state index in [4.69, 9.17) is 20.7 Å². The van der Waals surface area contributed by atoms with Crippen LogP contribution in [0.25, 0.3) is 22.2 Å². The average Bonchev–Trinajstić information content (AvgIpc) is 3.64. The Morgan fingerprint density at radius 2 is 2.00 bits per heavy atom. The number of nitrogens with one attached hydrogen (secondary N) is 1. The van der Waals surface area contributed by atoms with Gasteiger partial charge in [0.15, 0.2) is 5.43 Å². The number of hydrogen-bond donors (Lipinski definition) is 2. The number of pyridine rings is 1. The van der Waals surface area contributed by atoms with Gasteiger partial charge in [-0.25, -0.2) is 9.37 Å². The van der Waals surface area contributed by atoms with Crippen LogP contribution in [0.5, 0.6) is 0 Å². The zero-order chi connectivity index (χ0) is 26.0. The molecule has 1 saturated carbocycles. The van der Waals surface area contributed by atoms with Gasteiger partial charge < -0.3 is 19.4 Å². The topological polar surface area (TPSA) is 84.6 Å². The summed E-state index contributed by atoms with van der Waals surface area (Å²) in [6.45, 7) is 5.88. The predicted octanol–water partition coefficient (Wildman–Crippen LogP) is 5.53. The summed E-state index contributed by atoms with van der Waals surface area (Å²) in [5.74, 6) is 0.470.